The van der Waals surface area contributed by atoms with Crippen LogP contribution < -0.4 is 0 Å². The Morgan fingerprint density at radius 3 is 2.46 bits per heavy atom. The van der Waals surface area contributed by atoms with Crippen LogP contribution in [0.25, 0.3) is 0 Å². The number of hydrogen-bond acceptors (Lipinski definition) is 1. The molecule has 78 valence electrons. The summed E-state index contributed by atoms with van der Waals surface area (Å²) in [6, 6.07) is 0.751. The Morgan fingerprint density at radius 2 is 2.08 bits per heavy atom. The summed E-state index contributed by atoms with van der Waals surface area (Å²) >= 11 is 3.62. The highest BCUT2D eigenvalue weighted by Gasteiger charge is 2.42. The summed E-state index contributed by atoms with van der Waals surface area (Å²) in [7, 11) is 2.27. The second-order valence-corrected chi connectivity index (χ2v) is 5.25. The van der Waals surface area contributed by atoms with Gasteiger partial charge in [-0.1, -0.05) is 29.3 Å². The van der Waals surface area contributed by atoms with Gasteiger partial charge in [-0.05, 0) is 38.6 Å². The summed E-state index contributed by atoms with van der Waals surface area (Å²) in [5.74, 6) is 0. The van der Waals surface area contributed by atoms with Crippen molar-refractivity contribution < 1.29 is 0 Å². The van der Waals surface area contributed by atoms with Crippen molar-refractivity contribution in [3.05, 3.63) is 0 Å². The SMILES string of the molecule is CCCC(C)N(C)CC1(CBr)CC1. The van der Waals surface area contributed by atoms with Gasteiger partial charge in [0.1, 0.15) is 0 Å². The van der Waals surface area contributed by atoms with Crippen LogP contribution in [-0.4, -0.2) is 29.9 Å². The second kappa shape index (κ2) is 4.79. The summed E-state index contributed by atoms with van der Waals surface area (Å²) in [5.41, 5.74) is 0.636. The van der Waals surface area contributed by atoms with Crippen molar-refractivity contribution >= 4 is 15.9 Å². The molecule has 1 unspecified atom stereocenters. The fourth-order valence-electron chi connectivity index (χ4n) is 1.83. The molecule has 1 nitrogen and oxygen atoms in total. The zero-order chi connectivity index (χ0) is 9.90. The number of hydrogen-bond donors (Lipinski definition) is 0. The van der Waals surface area contributed by atoms with Crippen molar-refractivity contribution in [2.75, 3.05) is 18.9 Å². The van der Waals surface area contributed by atoms with Crippen molar-refractivity contribution in [2.24, 2.45) is 5.41 Å². The summed E-state index contributed by atoms with van der Waals surface area (Å²) in [5, 5.41) is 1.18. The summed E-state index contributed by atoms with van der Waals surface area (Å²) in [4.78, 5) is 2.53. The predicted molar refractivity (Wildman–Crippen MR) is 62.5 cm³/mol. The molecule has 0 aromatic heterocycles. The smallest absolute Gasteiger partial charge is 0.0100 e. The van der Waals surface area contributed by atoms with E-state index in [2.05, 4.69) is 41.7 Å². The highest BCUT2D eigenvalue weighted by atomic mass is 79.9. The van der Waals surface area contributed by atoms with E-state index in [-0.39, 0.29) is 0 Å². The first-order chi connectivity index (χ1) is 6.13. The maximum absolute atomic E-state index is 3.62. The Balaban J connectivity index is 2.27. The third-order valence-corrected chi connectivity index (χ3v) is 4.47. The van der Waals surface area contributed by atoms with Gasteiger partial charge in [-0.3, -0.25) is 0 Å². The lowest BCUT2D eigenvalue weighted by Crippen LogP contribution is -2.34. The van der Waals surface area contributed by atoms with Gasteiger partial charge in [0.2, 0.25) is 0 Å². The normalized spacial score (nSPS) is 21.9. The topological polar surface area (TPSA) is 3.24 Å². The van der Waals surface area contributed by atoms with E-state index >= 15 is 0 Å². The minimum Gasteiger partial charge on any atom is -0.303 e. The Morgan fingerprint density at radius 1 is 1.46 bits per heavy atom. The van der Waals surface area contributed by atoms with Crippen LogP contribution in [0.4, 0.5) is 0 Å². The van der Waals surface area contributed by atoms with Crippen LogP contribution in [0.3, 0.4) is 0 Å². The number of nitrogens with zero attached hydrogens (tertiary/aromatic N) is 1. The van der Waals surface area contributed by atoms with Gasteiger partial charge in [-0.2, -0.15) is 0 Å². The van der Waals surface area contributed by atoms with Crippen molar-refractivity contribution in [3.8, 4) is 0 Å². The molecule has 0 N–H and O–H groups in total. The maximum atomic E-state index is 3.62. The first-order valence-corrected chi connectivity index (χ1v) is 6.52. The number of alkyl halides is 1. The highest BCUT2D eigenvalue weighted by Crippen LogP contribution is 2.47. The standard InChI is InChI=1S/C11H22BrN/c1-4-5-10(2)13(3)9-11(8-12)6-7-11/h10H,4-9H2,1-3H3. The third-order valence-electron chi connectivity index (χ3n) is 3.28. The molecular formula is C11H22BrN. The van der Waals surface area contributed by atoms with Crippen LogP contribution >= 0.6 is 15.9 Å². The zero-order valence-electron chi connectivity index (χ0n) is 9.15. The first kappa shape index (κ1) is 11.5. The molecule has 0 bridgehead atoms. The molecule has 13 heavy (non-hydrogen) atoms. The molecule has 1 aliphatic carbocycles. The monoisotopic (exact) mass is 247 g/mol. The first-order valence-electron chi connectivity index (χ1n) is 5.40. The van der Waals surface area contributed by atoms with E-state index in [1.54, 1.807) is 0 Å². The fraction of sp³-hybridized carbons (Fsp3) is 1.00. The van der Waals surface area contributed by atoms with Crippen LogP contribution in [0.1, 0.15) is 39.5 Å². The van der Waals surface area contributed by atoms with Gasteiger partial charge in [0, 0.05) is 17.9 Å². The van der Waals surface area contributed by atoms with Crippen molar-refractivity contribution in [3.63, 3.8) is 0 Å². The molecule has 0 radical (unpaired) electrons. The molecule has 0 spiro atoms. The Bertz CT molecular complexity index is 154. The van der Waals surface area contributed by atoms with Gasteiger partial charge in [0.15, 0.2) is 0 Å². The Kier molecular flexibility index (Phi) is 4.24. The molecule has 0 aromatic carbocycles. The molecule has 0 aromatic rings. The Hall–Kier alpha value is 0.440. The van der Waals surface area contributed by atoms with E-state index < -0.39 is 0 Å². The van der Waals surface area contributed by atoms with E-state index in [1.165, 1.54) is 37.6 Å². The van der Waals surface area contributed by atoms with E-state index in [1.807, 2.05) is 0 Å². The molecule has 0 amide bonds. The van der Waals surface area contributed by atoms with Crippen LogP contribution in [0.2, 0.25) is 0 Å². The van der Waals surface area contributed by atoms with E-state index in [9.17, 15) is 0 Å². The van der Waals surface area contributed by atoms with Gasteiger partial charge in [0.25, 0.3) is 0 Å². The minimum atomic E-state index is 0.636. The lowest BCUT2D eigenvalue weighted by atomic mass is 10.1. The molecule has 1 atom stereocenters. The lowest BCUT2D eigenvalue weighted by molar-refractivity contribution is 0.208. The molecule has 0 heterocycles. The van der Waals surface area contributed by atoms with Crippen molar-refractivity contribution in [1.82, 2.24) is 4.90 Å². The van der Waals surface area contributed by atoms with Crippen LogP contribution in [0, 0.1) is 5.41 Å². The van der Waals surface area contributed by atoms with Crippen molar-refractivity contribution in [2.45, 2.75) is 45.6 Å². The van der Waals surface area contributed by atoms with Gasteiger partial charge >= 0.3 is 0 Å². The molecular weight excluding hydrogens is 226 g/mol. The van der Waals surface area contributed by atoms with E-state index in [4.69, 9.17) is 0 Å². The molecule has 0 aliphatic heterocycles. The zero-order valence-corrected chi connectivity index (χ0v) is 10.7. The van der Waals surface area contributed by atoms with E-state index in [0.717, 1.165) is 6.04 Å². The van der Waals surface area contributed by atoms with Gasteiger partial charge in [-0.15, -0.1) is 0 Å². The third kappa shape index (κ3) is 3.25. The van der Waals surface area contributed by atoms with Crippen LogP contribution in [0.15, 0.2) is 0 Å². The minimum absolute atomic E-state index is 0.636. The maximum Gasteiger partial charge on any atom is 0.0100 e. The second-order valence-electron chi connectivity index (χ2n) is 4.69. The summed E-state index contributed by atoms with van der Waals surface area (Å²) in [6.45, 7) is 5.88. The molecule has 2 heteroatoms. The van der Waals surface area contributed by atoms with Crippen molar-refractivity contribution in [1.29, 1.82) is 0 Å². The van der Waals surface area contributed by atoms with Gasteiger partial charge in [0.05, 0.1) is 0 Å². The van der Waals surface area contributed by atoms with Crippen LogP contribution in [0.5, 0.6) is 0 Å². The Labute approximate surface area is 91.0 Å². The molecule has 1 fully saturated rings. The molecule has 1 rings (SSSR count). The lowest BCUT2D eigenvalue weighted by Gasteiger charge is -2.28. The fourth-order valence-corrected chi connectivity index (χ4v) is 2.57. The quantitative estimate of drug-likeness (QED) is 0.652. The largest absolute Gasteiger partial charge is 0.303 e. The molecule has 1 saturated carbocycles. The van der Waals surface area contributed by atoms with Gasteiger partial charge < -0.3 is 4.90 Å². The van der Waals surface area contributed by atoms with E-state index in [0.29, 0.717) is 5.41 Å². The number of halogens is 1. The highest BCUT2D eigenvalue weighted by molar-refractivity contribution is 9.09. The average Bonchev–Trinajstić information content (AvgIpc) is 2.86. The van der Waals surface area contributed by atoms with Crippen LogP contribution in [-0.2, 0) is 0 Å². The average molecular weight is 248 g/mol. The molecule has 1 aliphatic rings. The molecule has 0 saturated heterocycles. The van der Waals surface area contributed by atoms with Gasteiger partial charge in [-0.25, -0.2) is 0 Å². The summed E-state index contributed by atoms with van der Waals surface area (Å²) in [6.07, 6.45) is 5.46. The number of rotatable bonds is 6. The predicted octanol–water partition coefficient (Wildman–Crippen LogP) is 3.28. The summed E-state index contributed by atoms with van der Waals surface area (Å²) < 4.78 is 0.